The van der Waals surface area contributed by atoms with Crippen molar-refractivity contribution >= 4 is 11.4 Å². The second-order valence-corrected chi connectivity index (χ2v) is 4.28. The quantitative estimate of drug-likeness (QED) is 0.821. The lowest BCUT2D eigenvalue weighted by atomic mass is 10.2. The van der Waals surface area contributed by atoms with Gasteiger partial charge < -0.3 is 15.1 Å². The molecule has 2 rings (SSSR count). The van der Waals surface area contributed by atoms with E-state index < -0.39 is 0 Å². The van der Waals surface area contributed by atoms with Crippen LogP contribution in [0.3, 0.4) is 0 Å². The maximum atomic E-state index is 5.66. The Balaban J connectivity index is 1.93. The Kier molecular flexibility index (Phi) is 3.38. The third-order valence-electron chi connectivity index (χ3n) is 2.82. The van der Waals surface area contributed by atoms with Crippen molar-refractivity contribution in [2.24, 2.45) is 0 Å². The summed E-state index contributed by atoms with van der Waals surface area (Å²) < 4.78 is 5.54. The van der Waals surface area contributed by atoms with Crippen molar-refractivity contribution in [3.05, 3.63) is 47.9 Å². The first-order valence-electron chi connectivity index (χ1n) is 5.77. The summed E-state index contributed by atoms with van der Waals surface area (Å²) in [6.45, 7) is 2.89. The van der Waals surface area contributed by atoms with Gasteiger partial charge in [0.1, 0.15) is 11.5 Å². The zero-order valence-electron chi connectivity index (χ0n) is 10.3. The number of anilines is 2. The minimum Gasteiger partial charge on any atom is -0.466 e. The van der Waals surface area contributed by atoms with Crippen molar-refractivity contribution < 1.29 is 4.42 Å². The molecule has 0 fully saturated rings. The van der Waals surface area contributed by atoms with E-state index in [0.29, 0.717) is 0 Å². The van der Waals surface area contributed by atoms with Crippen LogP contribution in [0.15, 0.2) is 40.8 Å². The lowest BCUT2D eigenvalue weighted by Crippen LogP contribution is -2.19. The topological polar surface area (TPSA) is 42.4 Å². The average molecular weight is 230 g/mol. The van der Waals surface area contributed by atoms with Crippen LogP contribution in [-0.2, 0) is 6.42 Å². The average Bonchev–Trinajstić information content (AvgIpc) is 2.73. The molecular formula is C14H18N2O. The Morgan fingerprint density at radius 3 is 2.41 bits per heavy atom. The lowest BCUT2D eigenvalue weighted by molar-refractivity contribution is 0.483. The van der Waals surface area contributed by atoms with Crippen LogP contribution in [0.5, 0.6) is 0 Å². The number of hydrogen-bond acceptors (Lipinski definition) is 3. The molecule has 2 N–H and O–H groups in total. The van der Waals surface area contributed by atoms with Crippen LogP contribution in [0.2, 0.25) is 0 Å². The Bertz CT molecular complexity index is 473. The summed E-state index contributed by atoms with van der Waals surface area (Å²) in [5.74, 6) is 2.00. The predicted octanol–water partition coefficient (Wildman–Crippen LogP) is 2.85. The van der Waals surface area contributed by atoms with Gasteiger partial charge in [0.15, 0.2) is 0 Å². The Morgan fingerprint density at radius 1 is 1.12 bits per heavy atom. The second kappa shape index (κ2) is 4.95. The van der Waals surface area contributed by atoms with Crippen molar-refractivity contribution in [2.45, 2.75) is 13.3 Å². The molecule has 3 heteroatoms. The van der Waals surface area contributed by atoms with E-state index in [2.05, 4.69) is 11.9 Å². The van der Waals surface area contributed by atoms with Gasteiger partial charge in [0.2, 0.25) is 0 Å². The highest BCUT2D eigenvalue weighted by Crippen LogP contribution is 2.15. The molecule has 0 unspecified atom stereocenters. The van der Waals surface area contributed by atoms with Crippen molar-refractivity contribution in [3.8, 4) is 0 Å². The van der Waals surface area contributed by atoms with Crippen LogP contribution in [0.4, 0.5) is 11.4 Å². The van der Waals surface area contributed by atoms with Gasteiger partial charge in [-0.2, -0.15) is 0 Å². The molecule has 0 amide bonds. The van der Waals surface area contributed by atoms with Gasteiger partial charge in [-0.05, 0) is 43.3 Å². The smallest absolute Gasteiger partial charge is 0.105 e. The molecule has 0 saturated carbocycles. The maximum absolute atomic E-state index is 5.66. The molecule has 3 nitrogen and oxygen atoms in total. The van der Waals surface area contributed by atoms with Gasteiger partial charge in [0.05, 0.1) is 0 Å². The third kappa shape index (κ3) is 3.03. The first kappa shape index (κ1) is 11.6. The fourth-order valence-electron chi connectivity index (χ4n) is 1.76. The van der Waals surface area contributed by atoms with Gasteiger partial charge in [-0.3, -0.25) is 0 Å². The molecule has 0 aliphatic carbocycles. The van der Waals surface area contributed by atoms with Crippen LogP contribution in [0.25, 0.3) is 0 Å². The first-order chi connectivity index (χ1) is 8.15. The van der Waals surface area contributed by atoms with Crippen molar-refractivity contribution in [3.63, 3.8) is 0 Å². The number of nitrogens with zero attached hydrogens (tertiary/aromatic N) is 1. The van der Waals surface area contributed by atoms with E-state index in [1.807, 2.05) is 43.3 Å². The van der Waals surface area contributed by atoms with Crippen molar-refractivity contribution in [2.75, 3.05) is 24.2 Å². The monoisotopic (exact) mass is 230 g/mol. The molecule has 2 aromatic rings. The van der Waals surface area contributed by atoms with Crippen molar-refractivity contribution in [1.29, 1.82) is 0 Å². The molecule has 0 bridgehead atoms. The number of furan rings is 1. The fraction of sp³-hybridized carbons (Fsp3) is 0.286. The minimum absolute atomic E-state index is 0.795. The summed E-state index contributed by atoms with van der Waals surface area (Å²) in [4.78, 5) is 2.19. The van der Waals surface area contributed by atoms with Crippen LogP contribution in [0, 0.1) is 6.92 Å². The van der Waals surface area contributed by atoms with Crippen LogP contribution in [-0.4, -0.2) is 13.6 Å². The summed E-state index contributed by atoms with van der Waals surface area (Å²) in [6, 6.07) is 11.9. The predicted molar refractivity (Wildman–Crippen MR) is 71.3 cm³/mol. The maximum Gasteiger partial charge on any atom is 0.105 e. The Hall–Kier alpha value is -1.90. The highest BCUT2D eigenvalue weighted by molar-refractivity contribution is 5.52. The zero-order valence-corrected chi connectivity index (χ0v) is 10.3. The Morgan fingerprint density at radius 2 is 1.82 bits per heavy atom. The molecule has 90 valence electrons. The molecule has 0 atom stereocenters. The van der Waals surface area contributed by atoms with E-state index in [-0.39, 0.29) is 0 Å². The van der Waals surface area contributed by atoms with Gasteiger partial charge >= 0.3 is 0 Å². The fourth-order valence-corrected chi connectivity index (χ4v) is 1.76. The lowest BCUT2D eigenvalue weighted by Gasteiger charge is -2.18. The number of likely N-dealkylation sites (N-methyl/N-ethyl adjacent to an activating group) is 1. The van der Waals surface area contributed by atoms with E-state index in [4.69, 9.17) is 10.2 Å². The number of nitrogen functional groups attached to an aromatic ring is 1. The van der Waals surface area contributed by atoms with Crippen LogP contribution >= 0.6 is 0 Å². The third-order valence-corrected chi connectivity index (χ3v) is 2.82. The van der Waals surface area contributed by atoms with Gasteiger partial charge in [-0.25, -0.2) is 0 Å². The van der Waals surface area contributed by atoms with E-state index in [1.165, 1.54) is 5.69 Å². The second-order valence-electron chi connectivity index (χ2n) is 4.28. The number of nitrogens with two attached hydrogens (primary N) is 1. The molecular weight excluding hydrogens is 212 g/mol. The minimum atomic E-state index is 0.795. The van der Waals surface area contributed by atoms with E-state index >= 15 is 0 Å². The zero-order chi connectivity index (χ0) is 12.3. The molecule has 1 heterocycles. The number of aryl methyl sites for hydroxylation is 1. The molecule has 0 radical (unpaired) electrons. The standard InChI is InChI=1S/C14H18N2O/c1-11-3-8-14(17-11)9-10-16(2)13-6-4-12(15)5-7-13/h3-8H,9-10,15H2,1-2H3. The summed E-state index contributed by atoms with van der Waals surface area (Å²) in [7, 11) is 2.07. The van der Waals surface area contributed by atoms with E-state index in [9.17, 15) is 0 Å². The molecule has 0 aliphatic heterocycles. The SMILES string of the molecule is Cc1ccc(CCN(C)c2ccc(N)cc2)o1. The molecule has 0 saturated heterocycles. The molecule has 0 spiro atoms. The van der Waals surface area contributed by atoms with Crippen molar-refractivity contribution in [1.82, 2.24) is 0 Å². The highest BCUT2D eigenvalue weighted by atomic mass is 16.3. The van der Waals surface area contributed by atoms with Gasteiger partial charge in [0.25, 0.3) is 0 Å². The van der Waals surface area contributed by atoms with Gasteiger partial charge in [-0.1, -0.05) is 0 Å². The highest BCUT2D eigenvalue weighted by Gasteiger charge is 2.03. The number of benzene rings is 1. The summed E-state index contributed by atoms with van der Waals surface area (Å²) in [6.07, 6.45) is 0.911. The Labute approximate surface area is 102 Å². The van der Waals surface area contributed by atoms with Crippen LogP contribution in [0.1, 0.15) is 11.5 Å². The summed E-state index contributed by atoms with van der Waals surface area (Å²) in [5.41, 5.74) is 7.63. The normalized spacial score (nSPS) is 10.5. The number of rotatable bonds is 4. The molecule has 1 aromatic heterocycles. The first-order valence-corrected chi connectivity index (χ1v) is 5.77. The largest absolute Gasteiger partial charge is 0.466 e. The molecule has 17 heavy (non-hydrogen) atoms. The molecule has 1 aromatic carbocycles. The molecule has 0 aliphatic rings. The van der Waals surface area contributed by atoms with Gasteiger partial charge in [0, 0.05) is 31.4 Å². The van der Waals surface area contributed by atoms with Crippen LogP contribution < -0.4 is 10.6 Å². The van der Waals surface area contributed by atoms with E-state index in [1.54, 1.807) is 0 Å². The summed E-state index contributed by atoms with van der Waals surface area (Å²) in [5, 5.41) is 0. The van der Waals surface area contributed by atoms with E-state index in [0.717, 1.165) is 30.2 Å². The summed E-state index contributed by atoms with van der Waals surface area (Å²) >= 11 is 0. The number of hydrogen-bond donors (Lipinski definition) is 1. The van der Waals surface area contributed by atoms with Gasteiger partial charge in [-0.15, -0.1) is 0 Å².